The van der Waals surface area contributed by atoms with Crippen LogP contribution in [0.1, 0.15) is 13.3 Å². The van der Waals surface area contributed by atoms with Crippen LogP contribution in [0.5, 0.6) is 0 Å². The summed E-state index contributed by atoms with van der Waals surface area (Å²) in [6, 6.07) is 0. The van der Waals surface area contributed by atoms with Crippen molar-refractivity contribution < 1.29 is 0 Å². The van der Waals surface area contributed by atoms with Crippen LogP contribution in [0.3, 0.4) is 0 Å². The lowest BCUT2D eigenvalue weighted by Gasteiger charge is -1.98. The lowest BCUT2D eigenvalue weighted by Crippen LogP contribution is -2.12. The van der Waals surface area contributed by atoms with Crippen molar-refractivity contribution in [2.45, 2.75) is 13.3 Å². The van der Waals surface area contributed by atoms with Gasteiger partial charge in [0.1, 0.15) is 0 Å². The molecule has 0 aromatic carbocycles. The first-order valence-corrected chi connectivity index (χ1v) is 2.93. The smallest absolute Gasteiger partial charge is 0.0684 e. The molecule has 9 heavy (non-hydrogen) atoms. The fourth-order valence-electron chi connectivity index (χ4n) is 0.447. The second kappa shape index (κ2) is 3.95. The van der Waals surface area contributed by atoms with Gasteiger partial charge >= 0.3 is 0 Å². The molecule has 0 aromatic heterocycles. The first-order chi connectivity index (χ1) is 4.22. The zero-order chi connectivity index (χ0) is 7.28. The van der Waals surface area contributed by atoms with Crippen LogP contribution in [0.15, 0.2) is 11.9 Å². The summed E-state index contributed by atoms with van der Waals surface area (Å²) in [6.07, 6.45) is 2.30. The monoisotopic (exact) mass is 127 g/mol. The molecule has 0 radical (unpaired) electrons. The molecule has 0 rings (SSSR count). The van der Waals surface area contributed by atoms with Crippen molar-refractivity contribution >= 4 is 5.71 Å². The summed E-state index contributed by atoms with van der Waals surface area (Å²) in [4.78, 5) is 0. The summed E-state index contributed by atoms with van der Waals surface area (Å²) in [5.74, 6) is 0. The minimum Gasteiger partial charge on any atom is -0.396 e. The van der Waals surface area contributed by atoms with Crippen LogP contribution < -0.4 is 11.1 Å². The van der Waals surface area contributed by atoms with Gasteiger partial charge in [-0.25, -0.2) is 0 Å². The third-order valence-corrected chi connectivity index (χ3v) is 1.00. The van der Waals surface area contributed by atoms with E-state index in [2.05, 4.69) is 5.32 Å². The van der Waals surface area contributed by atoms with Gasteiger partial charge in [-0.3, -0.25) is 0 Å². The van der Waals surface area contributed by atoms with Gasteiger partial charge in [0.25, 0.3) is 0 Å². The normalized spacial score (nSPS) is 11.1. The Labute approximate surface area is 55.4 Å². The fourth-order valence-corrected chi connectivity index (χ4v) is 0.447. The fraction of sp³-hybridized carbons (Fsp3) is 0.500. The zero-order valence-corrected chi connectivity index (χ0v) is 5.86. The van der Waals surface area contributed by atoms with Gasteiger partial charge < -0.3 is 16.5 Å². The van der Waals surface area contributed by atoms with E-state index < -0.39 is 0 Å². The van der Waals surface area contributed by atoms with Crippen LogP contribution in [0, 0.1) is 5.41 Å². The summed E-state index contributed by atoms with van der Waals surface area (Å²) in [6.45, 7) is 1.90. The van der Waals surface area contributed by atoms with Crippen LogP contribution in [-0.4, -0.2) is 12.8 Å². The summed E-state index contributed by atoms with van der Waals surface area (Å²) in [5.41, 5.74) is 6.40. The van der Waals surface area contributed by atoms with E-state index in [1.54, 1.807) is 13.2 Å². The third-order valence-electron chi connectivity index (χ3n) is 1.00. The van der Waals surface area contributed by atoms with Gasteiger partial charge in [0.05, 0.1) is 11.4 Å². The van der Waals surface area contributed by atoms with Crippen LogP contribution >= 0.6 is 0 Å². The van der Waals surface area contributed by atoms with Crippen LogP contribution in [0.2, 0.25) is 0 Å². The molecule has 0 aromatic rings. The molecule has 0 aliphatic carbocycles. The highest BCUT2D eigenvalue weighted by Crippen LogP contribution is 1.88. The minimum atomic E-state index is 0.476. The Morgan fingerprint density at radius 3 is 2.67 bits per heavy atom. The third kappa shape index (κ3) is 2.74. The second-order valence-electron chi connectivity index (χ2n) is 1.72. The molecule has 3 nitrogen and oxygen atoms in total. The molecular formula is C6H13N3. The number of nitrogens with one attached hydrogen (secondary N) is 2. The van der Waals surface area contributed by atoms with Crippen molar-refractivity contribution in [3.05, 3.63) is 11.9 Å². The molecule has 0 saturated carbocycles. The zero-order valence-electron chi connectivity index (χ0n) is 5.86. The van der Waals surface area contributed by atoms with Crippen LogP contribution in [0.25, 0.3) is 0 Å². The summed E-state index contributed by atoms with van der Waals surface area (Å²) in [5, 5.41) is 9.97. The maximum Gasteiger partial charge on any atom is 0.0684 e. The highest BCUT2D eigenvalue weighted by atomic mass is 14.8. The SMILES string of the molecule is CCC(=N)/C(N)=C\NC. The summed E-state index contributed by atoms with van der Waals surface area (Å²) in [7, 11) is 1.76. The highest BCUT2D eigenvalue weighted by Gasteiger charge is 1.93. The number of hydrogen-bond donors (Lipinski definition) is 3. The molecule has 0 atom stereocenters. The molecule has 0 aliphatic heterocycles. The van der Waals surface area contributed by atoms with E-state index in [4.69, 9.17) is 11.1 Å². The molecule has 52 valence electrons. The quantitative estimate of drug-likeness (QED) is 0.481. The number of hydrogen-bond acceptors (Lipinski definition) is 3. The Bertz CT molecular complexity index is 126. The van der Waals surface area contributed by atoms with E-state index in [1.165, 1.54) is 0 Å². The van der Waals surface area contributed by atoms with Crippen molar-refractivity contribution in [1.82, 2.24) is 5.32 Å². The van der Waals surface area contributed by atoms with Crippen molar-refractivity contribution in [3.63, 3.8) is 0 Å². The Hall–Kier alpha value is -0.990. The molecule has 0 heterocycles. The van der Waals surface area contributed by atoms with Crippen molar-refractivity contribution in [2.24, 2.45) is 5.73 Å². The molecule has 0 unspecified atom stereocenters. The molecule has 0 aliphatic rings. The first-order valence-electron chi connectivity index (χ1n) is 2.93. The number of rotatable bonds is 3. The molecule has 0 bridgehead atoms. The van der Waals surface area contributed by atoms with Gasteiger partial charge in [0, 0.05) is 13.2 Å². The maximum atomic E-state index is 7.21. The van der Waals surface area contributed by atoms with Gasteiger partial charge in [-0.05, 0) is 6.42 Å². The summed E-state index contributed by atoms with van der Waals surface area (Å²) >= 11 is 0. The molecule has 0 fully saturated rings. The second-order valence-corrected chi connectivity index (χ2v) is 1.72. The number of allylic oxidation sites excluding steroid dienone is 1. The average molecular weight is 127 g/mol. The Morgan fingerprint density at radius 2 is 2.33 bits per heavy atom. The van der Waals surface area contributed by atoms with E-state index in [1.807, 2.05) is 6.92 Å². The standard InChI is InChI=1S/C6H13N3/c1-3-5(7)6(8)4-9-2/h4,7,9H,3,8H2,1-2H3/b6-4+,7-5?. The van der Waals surface area contributed by atoms with Crippen molar-refractivity contribution in [2.75, 3.05) is 7.05 Å². The maximum absolute atomic E-state index is 7.21. The average Bonchev–Trinajstić information content (AvgIpc) is 1.87. The lowest BCUT2D eigenvalue weighted by atomic mass is 10.2. The predicted octanol–water partition coefficient (Wildman–Crippen LogP) is 0.436. The van der Waals surface area contributed by atoms with Gasteiger partial charge in [-0.1, -0.05) is 6.92 Å². The lowest BCUT2D eigenvalue weighted by molar-refractivity contribution is 1.07. The highest BCUT2D eigenvalue weighted by molar-refractivity contribution is 5.96. The van der Waals surface area contributed by atoms with Crippen LogP contribution in [0.4, 0.5) is 0 Å². The van der Waals surface area contributed by atoms with Crippen molar-refractivity contribution in [3.8, 4) is 0 Å². The van der Waals surface area contributed by atoms with Gasteiger partial charge in [-0.2, -0.15) is 0 Å². The van der Waals surface area contributed by atoms with Gasteiger partial charge in [-0.15, -0.1) is 0 Å². The number of nitrogens with two attached hydrogens (primary N) is 1. The molecule has 0 amide bonds. The van der Waals surface area contributed by atoms with E-state index in [0.29, 0.717) is 17.8 Å². The predicted molar refractivity (Wildman–Crippen MR) is 39.3 cm³/mol. The molecule has 0 saturated heterocycles. The van der Waals surface area contributed by atoms with Crippen molar-refractivity contribution in [1.29, 1.82) is 5.41 Å². The van der Waals surface area contributed by atoms with Crippen LogP contribution in [-0.2, 0) is 0 Å². The Balaban J connectivity index is 3.86. The topological polar surface area (TPSA) is 61.9 Å². The van der Waals surface area contributed by atoms with E-state index >= 15 is 0 Å². The molecular weight excluding hydrogens is 114 g/mol. The van der Waals surface area contributed by atoms with Gasteiger partial charge in [0.2, 0.25) is 0 Å². The minimum absolute atomic E-state index is 0.476. The molecule has 0 spiro atoms. The van der Waals surface area contributed by atoms with E-state index in [0.717, 1.165) is 0 Å². The molecule has 4 N–H and O–H groups in total. The van der Waals surface area contributed by atoms with E-state index in [9.17, 15) is 0 Å². The van der Waals surface area contributed by atoms with Gasteiger partial charge in [0.15, 0.2) is 0 Å². The largest absolute Gasteiger partial charge is 0.396 e. The summed E-state index contributed by atoms with van der Waals surface area (Å²) < 4.78 is 0. The Kier molecular flexibility index (Phi) is 3.51. The first kappa shape index (κ1) is 8.01. The Morgan fingerprint density at radius 1 is 1.78 bits per heavy atom. The molecule has 3 heteroatoms. The van der Waals surface area contributed by atoms with E-state index in [-0.39, 0.29) is 0 Å².